The number of fused-ring (bicyclic) bond motifs is 1. The van der Waals surface area contributed by atoms with Crippen LogP contribution in [0.2, 0.25) is 0 Å². The lowest BCUT2D eigenvalue weighted by Gasteiger charge is -2.28. The molecule has 0 N–H and O–H groups in total. The molecule has 0 radical (unpaired) electrons. The van der Waals surface area contributed by atoms with Gasteiger partial charge in [-0.3, -0.25) is 9.69 Å². The molecule has 1 fully saturated rings. The molecule has 6 nitrogen and oxygen atoms in total. The number of para-hydroxylation sites is 1. The van der Waals surface area contributed by atoms with Crippen molar-refractivity contribution < 1.29 is 13.2 Å². The highest BCUT2D eigenvalue weighted by Gasteiger charge is 2.42. The fourth-order valence-corrected chi connectivity index (χ4v) is 7.70. The number of benzene rings is 2. The summed E-state index contributed by atoms with van der Waals surface area (Å²) >= 11 is 2.62. The monoisotopic (exact) mass is 483 g/mol. The predicted octanol–water partition coefficient (Wildman–Crippen LogP) is 4.74. The zero-order chi connectivity index (χ0) is 22.1. The van der Waals surface area contributed by atoms with Crippen LogP contribution in [0.4, 0.5) is 5.13 Å². The summed E-state index contributed by atoms with van der Waals surface area (Å²) in [6.45, 7) is 0.679. The average molecular weight is 484 g/mol. The maximum atomic E-state index is 13.8. The predicted molar refractivity (Wildman–Crippen MR) is 128 cm³/mol. The molecule has 1 unspecified atom stereocenters. The molecule has 0 saturated carbocycles. The van der Waals surface area contributed by atoms with E-state index in [4.69, 9.17) is 4.98 Å². The number of hydrogen-bond acceptors (Lipinski definition) is 6. The van der Waals surface area contributed by atoms with Gasteiger partial charge in [-0.2, -0.15) is 4.31 Å². The zero-order valence-corrected chi connectivity index (χ0v) is 19.6. The summed E-state index contributed by atoms with van der Waals surface area (Å²) < 4.78 is 29.1. The van der Waals surface area contributed by atoms with Crippen LogP contribution in [0.5, 0.6) is 0 Å². The van der Waals surface area contributed by atoms with Crippen molar-refractivity contribution in [3.05, 3.63) is 77.7 Å². The van der Waals surface area contributed by atoms with Crippen molar-refractivity contribution in [1.29, 1.82) is 0 Å². The number of thiazole rings is 1. The topological polar surface area (TPSA) is 70.6 Å². The Balaban J connectivity index is 1.52. The first-order valence-electron chi connectivity index (χ1n) is 10.3. The van der Waals surface area contributed by atoms with Gasteiger partial charge in [0.05, 0.1) is 16.8 Å². The van der Waals surface area contributed by atoms with E-state index < -0.39 is 16.1 Å². The summed E-state index contributed by atoms with van der Waals surface area (Å²) in [7, 11) is -3.72. The van der Waals surface area contributed by atoms with Crippen molar-refractivity contribution in [2.75, 3.05) is 11.4 Å². The van der Waals surface area contributed by atoms with E-state index in [1.165, 1.54) is 27.0 Å². The van der Waals surface area contributed by atoms with Crippen molar-refractivity contribution in [2.45, 2.75) is 29.6 Å². The molecule has 9 heteroatoms. The van der Waals surface area contributed by atoms with Crippen LogP contribution in [-0.4, -0.2) is 36.2 Å². The first kappa shape index (κ1) is 21.3. The lowest BCUT2D eigenvalue weighted by Crippen LogP contribution is -2.47. The Morgan fingerprint density at radius 3 is 2.59 bits per heavy atom. The molecule has 0 spiro atoms. The molecule has 164 valence electrons. The molecule has 1 aliphatic rings. The molecule has 3 heterocycles. The second kappa shape index (κ2) is 8.74. The number of hydrogen-bond donors (Lipinski definition) is 0. The SMILES string of the molecule is O=C(C1CCCN1S(=O)(=O)c1cccs1)N(Cc1ccccc1)c1nc2ccccc2s1. The second-order valence-corrected chi connectivity index (χ2v) is 11.7. The number of thiophene rings is 1. The van der Waals surface area contributed by atoms with E-state index in [1.54, 1.807) is 22.4 Å². The minimum atomic E-state index is -3.72. The van der Waals surface area contributed by atoms with Gasteiger partial charge in [-0.1, -0.05) is 59.9 Å². The van der Waals surface area contributed by atoms with Crippen LogP contribution in [0.3, 0.4) is 0 Å². The fourth-order valence-electron chi connectivity index (χ4n) is 3.96. The van der Waals surface area contributed by atoms with Crippen LogP contribution < -0.4 is 4.90 Å². The Morgan fingerprint density at radius 1 is 1.06 bits per heavy atom. The largest absolute Gasteiger partial charge is 0.282 e. The van der Waals surface area contributed by atoms with E-state index in [0.717, 1.165) is 15.8 Å². The van der Waals surface area contributed by atoms with E-state index in [0.29, 0.717) is 31.1 Å². The summed E-state index contributed by atoms with van der Waals surface area (Å²) in [6.07, 6.45) is 1.15. The summed E-state index contributed by atoms with van der Waals surface area (Å²) in [4.78, 5) is 20.2. The van der Waals surface area contributed by atoms with E-state index in [9.17, 15) is 13.2 Å². The first-order valence-corrected chi connectivity index (χ1v) is 13.4. The Kier molecular flexibility index (Phi) is 5.81. The molecule has 2 aromatic heterocycles. The minimum Gasteiger partial charge on any atom is -0.282 e. The summed E-state index contributed by atoms with van der Waals surface area (Å²) in [5, 5.41) is 2.32. The zero-order valence-electron chi connectivity index (χ0n) is 17.1. The van der Waals surface area contributed by atoms with E-state index in [2.05, 4.69) is 0 Å². The van der Waals surface area contributed by atoms with Crippen LogP contribution >= 0.6 is 22.7 Å². The van der Waals surface area contributed by atoms with Crippen molar-refractivity contribution >= 4 is 54.0 Å². The third-order valence-corrected chi connectivity index (χ3v) is 9.85. The first-order chi connectivity index (χ1) is 15.5. The quantitative estimate of drug-likeness (QED) is 0.397. The lowest BCUT2D eigenvalue weighted by molar-refractivity contribution is -0.121. The van der Waals surface area contributed by atoms with Gasteiger partial charge in [0.25, 0.3) is 10.0 Å². The van der Waals surface area contributed by atoms with Crippen molar-refractivity contribution in [1.82, 2.24) is 9.29 Å². The highest BCUT2D eigenvalue weighted by molar-refractivity contribution is 7.91. The van der Waals surface area contributed by atoms with Gasteiger partial charge in [0.1, 0.15) is 10.3 Å². The average Bonchev–Trinajstić information content (AvgIpc) is 3.57. The molecule has 1 amide bonds. The lowest BCUT2D eigenvalue weighted by atomic mass is 10.1. The molecule has 1 aliphatic heterocycles. The smallest absolute Gasteiger partial charge is 0.253 e. The summed E-state index contributed by atoms with van der Waals surface area (Å²) in [5.41, 5.74) is 1.79. The van der Waals surface area contributed by atoms with Gasteiger partial charge < -0.3 is 0 Å². The van der Waals surface area contributed by atoms with E-state index >= 15 is 0 Å². The number of carbonyl (C=O) groups excluding carboxylic acids is 1. The summed E-state index contributed by atoms with van der Waals surface area (Å²) in [6, 6.07) is 20.0. The number of aromatic nitrogens is 1. The number of sulfonamides is 1. The number of rotatable bonds is 6. The van der Waals surface area contributed by atoms with Crippen molar-refractivity contribution in [3.63, 3.8) is 0 Å². The third kappa shape index (κ3) is 3.97. The standard InChI is InChI=1S/C23H21N3O3S3/c27-22(19-11-6-14-26(19)32(28,29)21-13-7-15-30-21)25(16-17-8-2-1-3-9-17)23-24-18-10-4-5-12-20(18)31-23/h1-5,7-10,12-13,15,19H,6,11,14,16H2. The van der Waals surface area contributed by atoms with Gasteiger partial charge in [-0.15, -0.1) is 11.3 Å². The second-order valence-electron chi connectivity index (χ2n) is 7.58. The van der Waals surface area contributed by atoms with Crippen LogP contribution in [-0.2, 0) is 21.4 Å². The molecule has 32 heavy (non-hydrogen) atoms. The number of carbonyl (C=O) groups is 1. The number of nitrogens with zero attached hydrogens (tertiary/aromatic N) is 3. The molecule has 1 saturated heterocycles. The van der Waals surface area contributed by atoms with Gasteiger partial charge in [0.15, 0.2) is 5.13 Å². The molecule has 0 aliphatic carbocycles. The highest BCUT2D eigenvalue weighted by Crippen LogP contribution is 2.34. The van der Waals surface area contributed by atoms with Gasteiger partial charge in [-0.05, 0) is 42.0 Å². The molecular weight excluding hydrogens is 462 g/mol. The molecule has 0 bridgehead atoms. The highest BCUT2D eigenvalue weighted by atomic mass is 32.2. The fraction of sp³-hybridized carbons (Fsp3) is 0.217. The van der Waals surface area contributed by atoms with E-state index in [1.807, 2.05) is 54.6 Å². The molecule has 4 aromatic rings. The third-order valence-electron chi connectivity index (χ3n) is 5.51. The van der Waals surface area contributed by atoms with Gasteiger partial charge in [0, 0.05) is 6.54 Å². The van der Waals surface area contributed by atoms with Crippen molar-refractivity contribution in [3.8, 4) is 0 Å². The Labute approximate surface area is 194 Å². The number of amides is 1. The molecule has 5 rings (SSSR count). The van der Waals surface area contributed by atoms with Crippen LogP contribution in [0.15, 0.2) is 76.3 Å². The van der Waals surface area contributed by atoms with Crippen LogP contribution in [0.1, 0.15) is 18.4 Å². The van der Waals surface area contributed by atoms with Crippen LogP contribution in [0.25, 0.3) is 10.2 Å². The van der Waals surface area contributed by atoms with Gasteiger partial charge in [0.2, 0.25) is 5.91 Å². The van der Waals surface area contributed by atoms with Gasteiger partial charge >= 0.3 is 0 Å². The molecular formula is C23H21N3O3S3. The Hall–Kier alpha value is -2.59. The Bertz CT molecular complexity index is 1300. The normalized spacial score (nSPS) is 17.1. The number of anilines is 1. The molecule has 1 atom stereocenters. The maximum absolute atomic E-state index is 13.8. The van der Waals surface area contributed by atoms with Crippen LogP contribution in [0, 0.1) is 0 Å². The maximum Gasteiger partial charge on any atom is 0.253 e. The van der Waals surface area contributed by atoms with Gasteiger partial charge in [-0.25, -0.2) is 13.4 Å². The Morgan fingerprint density at radius 2 is 1.84 bits per heavy atom. The minimum absolute atomic E-state index is 0.231. The summed E-state index contributed by atoms with van der Waals surface area (Å²) in [5.74, 6) is -0.231. The van der Waals surface area contributed by atoms with E-state index in [-0.39, 0.29) is 10.1 Å². The molecule has 2 aromatic carbocycles. The van der Waals surface area contributed by atoms with Crippen molar-refractivity contribution in [2.24, 2.45) is 0 Å².